The molecule has 1 aromatic rings. The lowest BCUT2D eigenvalue weighted by molar-refractivity contribution is 0.195. The van der Waals surface area contributed by atoms with E-state index in [1.807, 2.05) is 6.07 Å². The molecule has 1 aliphatic rings. The van der Waals surface area contributed by atoms with Crippen molar-refractivity contribution in [1.29, 1.82) is 0 Å². The minimum Gasteiger partial charge on any atom is -0.496 e. The number of hydrogen-bond donors (Lipinski definition) is 1. The molecule has 0 aromatic heterocycles. The van der Waals surface area contributed by atoms with Gasteiger partial charge in [0.05, 0.1) is 11.6 Å². The molecule has 2 N–H and O–H groups in total. The molecule has 0 radical (unpaired) electrons. The predicted octanol–water partition coefficient (Wildman–Crippen LogP) is 1.96. The highest BCUT2D eigenvalue weighted by molar-refractivity contribution is 9.10. The molecule has 1 aliphatic heterocycles. The van der Waals surface area contributed by atoms with Crippen LogP contribution in [0.3, 0.4) is 0 Å². The molecule has 0 amide bonds. The van der Waals surface area contributed by atoms with Crippen LogP contribution in [0.25, 0.3) is 0 Å². The standard InChI is InChI=1S/C16H26BrN3O/c1-19-7-4-8-20(2)15(11-19)14(18)10-12-5-6-16(21-3)13(17)9-12/h5-6,9,14-15H,4,7-8,10-11,18H2,1-3H3. The second-order valence-electron chi connectivity index (χ2n) is 6.00. The maximum absolute atomic E-state index is 6.51. The van der Waals surface area contributed by atoms with E-state index in [0.717, 1.165) is 36.3 Å². The Morgan fingerprint density at radius 1 is 1.38 bits per heavy atom. The van der Waals surface area contributed by atoms with Gasteiger partial charge in [-0.05, 0) is 73.7 Å². The van der Waals surface area contributed by atoms with Crippen molar-refractivity contribution in [3.05, 3.63) is 28.2 Å². The molecule has 1 aromatic carbocycles. The molecular formula is C16H26BrN3O. The lowest BCUT2D eigenvalue weighted by atomic mass is 9.99. The molecular weight excluding hydrogens is 330 g/mol. The molecule has 5 heteroatoms. The molecule has 2 rings (SSSR count). The van der Waals surface area contributed by atoms with Gasteiger partial charge < -0.3 is 20.3 Å². The van der Waals surface area contributed by atoms with Gasteiger partial charge >= 0.3 is 0 Å². The van der Waals surface area contributed by atoms with E-state index in [4.69, 9.17) is 10.5 Å². The largest absolute Gasteiger partial charge is 0.496 e. The maximum Gasteiger partial charge on any atom is 0.133 e. The van der Waals surface area contributed by atoms with Crippen LogP contribution in [0.1, 0.15) is 12.0 Å². The average molecular weight is 356 g/mol. The molecule has 1 saturated heterocycles. The lowest BCUT2D eigenvalue weighted by Crippen LogP contribution is -2.51. The van der Waals surface area contributed by atoms with E-state index >= 15 is 0 Å². The molecule has 0 aliphatic carbocycles. The van der Waals surface area contributed by atoms with Crippen LogP contribution in [0.5, 0.6) is 5.75 Å². The molecule has 4 nitrogen and oxygen atoms in total. The summed E-state index contributed by atoms with van der Waals surface area (Å²) in [5.74, 6) is 0.860. The Hall–Kier alpha value is -0.620. The smallest absolute Gasteiger partial charge is 0.133 e. The van der Waals surface area contributed by atoms with E-state index in [1.54, 1.807) is 7.11 Å². The monoisotopic (exact) mass is 355 g/mol. The molecule has 1 heterocycles. The number of halogens is 1. The van der Waals surface area contributed by atoms with Crippen LogP contribution >= 0.6 is 15.9 Å². The number of nitrogens with zero attached hydrogens (tertiary/aromatic N) is 2. The molecule has 2 atom stereocenters. The van der Waals surface area contributed by atoms with E-state index in [-0.39, 0.29) is 6.04 Å². The van der Waals surface area contributed by atoms with Gasteiger partial charge in [-0.1, -0.05) is 6.07 Å². The number of nitrogens with two attached hydrogens (primary N) is 1. The van der Waals surface area contributed by atoms with Gasteiger partial charge in [0.25, 0.3) is 0 Å². The zero-order valence-electron chi connectivity index (χ0n) is 13.2. The van der Waals surface area contributed by atoms with Gasteiger partial charge in [0, 0.05) is 18.6 Å². The summed E-state index contributed by atoms with van der Waals surface area (Å²) in [7, 11) is 6.05. The van der Waals surface area contributed by atoms with E-state index in [0.29, 0.717) is 6.04 Å². The number of benzene rings is 1. The second kappa shape index (κ2) is 7.58. The van der Waals surface area contributed by atoms with Crippen molar-refractivity contribution in [2.45, 2.75) is 24.9 Å². The topological polar surface area (TPSA) is 41.7 Å². The summed E-state index contributed by atoms with van der Waals surface area (Å²) in [6.07, 6.45) is 2.09. The highest BCUT2D eigenvalue weighted by Gasteiger charge is 2.26. The predicted molar refractivity (Wildman–Crippen MR) is 90.9 cm³/mol. The number of methoxy groups -OCH3 is 1. The average Bonchev–Trinajstić information content (AvgIpc) is 2.60. The summed E-state index contributed by atoms with van der Waals surface area (Å²) >= 11 is 3.54. The molecule has 21 heavy (non-hydrogen) atoms. The van der Waals surface area contributed by atoms with Crippen molar-refractivity contribution < 1.29 is 4.74 Å². The van der Waals surface area contributed by atoms with Gasteiger partial charge in [-0.2, -0.15) is 0 Å². The summed E-state index contributed by atoms with van der Waals surface area (Å²) in [5, 5.41) is 0. The molecule has 1 fully saturated rings. The molecule has 0 saturated carbocycles. The molecule has 118 valence electrons. The van der Waals surface area contributed by atoms with Crippen LogP contribution in [0.2, 0.25) is 0 Å². The SMILES string of the molecule is COc1ccc(CC(N)C2CN(C)CCCN2C)cc1Br. The van der Waals surface area contributed by atoms with Gasteiger partial charge in [0.15, 0.2) is 0 Å². The summed E-state index contributed by atoms with van der Waals surface area (Å²) < 4.78 is 6.26. The number of ether oxygens (including phenoxy) is 1. The van der Waals surface area contributed by atoms with Crippen molar-refractivity contribution in [3.63, 3.8) is 0 Å². The Morgan fingerprint density at radius 2 is 2.14 bits per heavy atom. The first-order valence-corrected chi connectivity index (χ1v) is 8.27. The summed E-state index contributed by atoms with van der Waals surface area (Å²) in [6, 6.07) is 6.74. The Labute approximate surface area is 136 Å². The quantitative estimate of drug-likeness (QED) is 0.896. The first kappa shape index (κ1) is 16.7. The minimum atomic E-state index is 0.135. The number of likely N-dealkylation sites (N-methyl/N-ethyl adjacent to an activating group) is 2. The van der Waals surface area contributed by atoms with Crippen LogP contribution in [0.4, 0.5) is 0 Å². The van der Waals surface area contributed by atoms with E-state index in [2.05, 4.69) is 52.0 Å². The highest BCUT2D eigenvalue weighted by Crippen LogP contribution is 2.26. The van der Waals surface area contributed by atoms with Crippen LogP contribution in [-0.2, 0) is 6.42 Å². The second-order valence-corrected chi connectivity index (χ2v) is 6.85. The van der Waals surface area contributed by atoms with Crippen molar-refractivity contribution in [1.82, 2.24) is 9.80 Å². The molecule has 0 bridgehead atoms. The molecule has 0 spiro atoms. The minimum absolute atomic E-state index is 0.135. The fraction of sp³-hybridized carbons (Fsp3) is 0.625. The van der Waals surface area contributed by atoms with Gasteiger partial charge in [-0.15, -0.1) is 0 Å². The Bertz CT molecular complexity index is 469. The van der Waals surface area contributed by atoms with Crippen molar-refractivity contribution in [2.75, 3.05) is 40.8 Å². The van der Waals surface area contributed by atoms with Crippen LogP contribution < -0.4 is 10.5 Å². The normalized spacial score (nSPS) is 22.8. The highest BCUT2D eigenvalue weighted by atomic mass is 79.9. The number of rotatable bonds is 4. The van der Waals surface area contributed by atoms with E-state index in [9.17, 15) is 0 Å². The zero-order valence-corrected chi connectivity index (χ0v) is 14.8. The molecule has 2 unspecified atom stereocenters. The van der Waals surface area contributed by atoms with Gasteiger partial charge in [0.1, 0.15) is 5.75 Å². The third-order valence-corrected chi connectivity index (χ3v) is 4.92. The van der Waals surface area contributed by atoms with Crippen LogP contribution in [0, 0.1) is 0 Å². The number of hydrogen-bond acceptors (Lipinski definition) is 4. The van der Waals surface area contributed by atoms with Crippen molar-refractivity contribution in [2.24, 2.45) is 5.73 Å². The van der Waals surface area contributed by atoms with Crippen molar-refractivity contribution in [3.8, 4) is 5.75 Å². The van der Waals surface area contributed by atoms with Gasteiger partial charge in [-0.25, -0.2) is 0 Å². The Balaban J connectivity index is 2.05. The summed E-state index contributed by atoms with van der Waals surface area (Å²) in [6.45, 7) is 3.31. The third kappa shape index (κ3) is 4.42. The van der Waals surface area contributed by atoms with E-state index < -0.39 is 0 Å². The maximum atomic E-state index is 6.51. The third-order valence-electron chi connectivity index (χ3n) is 4.30. The first-order chi connectivity index (χ1) is 10.0. The Morgan fingerprint density at radius 3 is 2.81 bits per heavy atom. The van der Waals surface area contributed by atoms with Crippen LogP contribution in [-0.4, -0.2) is 62.7 Å². The first-order valence-electron chi connectivity index (χ1n) is 7.48. The summed E-state index contributed by atoms with van der Waals surface area (Å²) in [5.41, 5.74) is 7.75. The van der Waals surface area contributed by atoms with Gasteiger partial charge in [0.2, 0.25) is 0 Å². The van der Waals surface area contributed by atoms with Gasteiger partial charge in [-0.3, -0.25) is 0 Å². The van der Waals surface area contributed by atoms with Crippen LogP contribution in [0.15, 0.2) is 22.7 Å². The summed E-state index contributed by atoms with van der Waals surface area (Å²) in [4.78, 5) is 4.80. The lowest BCUT2D eigenvalue weighted by Gasteiger charge is -2.32. The fourth-order valence-electron chi connectivity index (χ4n) is 3.01. The fourth-order valence-corrected chi connectivity index (χ4v) is 3.60. The Kier molecular flexibility index (Phi) is 6.05. The van der Waals surface area contributed by atoms with Crippen molar-refractivity contribution >= 4 is 15.9 Å². The zero-order chi connectivity index (χ0) is 15.4. The van der Waals surface area contributed by atoms with E-state index in [1.165, 1.54) is 12.0 Å².